The zero-order valence-corrected chi connectivity index (χ0v) is 22.4. The number of rotatable bonds is 10. The predicted molar refractivity (Wildman–Crippen MR) is 152 cm³/mol. The van der Waals surface area contributed by atoms with E-state index >= 15 is 0 Å². The van der Waals surface area contributed by atoms with Crippen LogP contribution in [0.1, 0.15) is 53.3 Å². The molecule has 2 aromatic heterocycles. The molecule has 0 saturated heterocycles. The number of imidazole rings is 1. The van der Waals surface area contributed by atoms with Gasteiger partial charge in [-0.15, -0.1) is 11.3 Å². The summed E-state index contributed by atoms with van der Waals surface area (Å²) in [7, 11) is 0. The van der Waals surface area contributed by atoms with Crippen molar-refractivity contribution in [1.82, 2.24) is 14.5 Å². The van der Waals surface area contributed by atoms with Gasteiger partial charge in [-0.1, -0.05) is 43.2 Å². The van der Waals surface area contributed by atoms with Crippen molar-refractivity contribution in [1.29, 1.82) is 0 Å². The number of carbonyl (C=O) groups is 3. The highest BCUT2D eigenvalue weighted by Gasteiger charge is 2.33. The summed E-state index contributed by atoms with van der Waals surface area (Å²) < 4.78 is 1.99. The maximum Gasteiger partial charge on any atom is 0.257 e. The van der Waals surface area contributed by atoms with E-state index < -0.39 is 29.7 Å². The quantitative estimate of drug-likeness (QED) is 0.222. The molecule has 0 spiro atoms. The molecule has 11 heteroatoms. The average molecular weight is 546 g/mol. The molecular formula is C28H31N7O3S. The summed E-state index contributed by atoms with van der Waals surface area (Å²) in [6, 6.07) is 12.4. The molecule has 0 aliphatic heterocycles. The zero-order valence-electron chi connectivity index (χ0n) is 21.6. The van der Waals surface area contributed by atoms with Gasteiger partial charge in [-0.05, 0) is 49.9 Å². The number of ketones is 1. The minimum atomic E-state index is -1.28. The van der Waals surface area contributed by atoms with Gasteiger partial charge in [0.2, 0.25) is 11.9 Å². The topological polar surface area (TPSA) is 158 Å². The monoisotopic (exact) mass is 545 g/mol. The second-order valence-corrected chi connectivity index (χ2v) is 10.7. The number of thiazole rings is 1. The highest BCUT2D eigenvalue weighted by atomic mass is 32.1. The molecule has 202 valence electrons. The lowest BCUT2D eigenvalue weighted by molar-refractivity contribution is -0.127. The Morgan fingerprint density at radius 3 is 2.51 bits per heavy atom. The molecule has 1 aliphatic carbocycles. The third-order valence-electron chi connectivity index (χ3n) is 7.00. The number of carbonyl (C=O) groups excluding carboxylic acids is 3. The van der Waals surface area contributed by atoms with E-state index in [-0.39, 0.29) is 6.04 Å². The van der Waals surface area contributed by atoms with Gasteiger partial charge in [0.1, 0.15) is 0 Å². The summed E-state index contributed by atoms with van der Waals surface area (Å²) in [5, 5.41) is 8.17. The van der Waals surface area contributed by atoms with Crippen LogP contribution in [0.3, 0.4) is 0 Å². The fourth-order valence-corrected chi connectivity index (χ4v) is 5.76. The first-order chi connectivity index (χ1) is 18.8. The average Bonchev–Trinajstić information content (AvgIpc) is 3.66. The number of hydrogen-bond donors (Lipinski definition) is 4. The molecule has 2 aromatic carbocycles. The lowest BCUT2D eigenvalue weighted by Gasteiger charge is -2.22. The van der Waals surface area contributed by atoms with Gasteiger partial charge in [-0.2, -0.15) is 0 Å². The van der Waals surface area contributed by atoms with E-state index in [1.807, 2.05) is 47.2 Å². The highest BCUT2D eigenvalue weighted by molar-refractivity contribution is 7.13. The Hall–Kier alpha value is -4.09. The smallest absolute Gasteiger partial charge is 0.257 e. The molecule has 39 heavy (non-hydrogen) atoms. The van der Waals surface area contributed by atoms with Gasteiger partial charge in [0.25, 0.3) is 5.91 Å². The number of primary amides is 1. The van der Waals surface area contributed by atoms with Gasteiger partial charge < -0.3 is 21.4 Å². The molecule has 5 rings (SSSR count). The van der Waals surface area contributed by atoms with Crippen LogP contribution in [0.5, 0.6) is 0 Å². The molecule has 1 aliphatic rings. The minimum Gasteiger partial charge on any atom is -0.366 e. The van der Waals surface area contributed by atoms with Crippen molar-refractivity contribution in [3.8, 4) is 0 Å². The van der Waals surface area contributed by atoms with Gasteiger partial charge in [0.05, 0.1) is 22.8 Å². The van der Waals surface area contributed by atoms with Crippen LogP contribution >= 0.6 is 11.3 Å². The van der Waals surface area contributed by atoms with E-state index in [0.29, 0.717) is 28.6 Å². The molecule has 1 saturated carbocycles. The highest BCUT2D eigenvalue weighted by Crippen LogP contribution is 2.35. The maximum absolute atomic E-state index is 13.7. The van der Waals surface area contributed by atoms with E-state index in [1.165, 1.54) is 11.3 Å². The number of aromatic nitrogens is 3. The van der Waals surface area contributed by atoms with E-state index in [1.54, 1.807) is 18.2 Å². The third kappa shape index (κ3) is 5.84. The van der Waals surface area contributed by atoms with Crippen LogP contribution in [0, 0.1) is 6.92 Å². The molecule has 0 radical (unpaired) electrons. The van der Waals surface area contributed by atoms with Crippen LogP contribution in [0.2, 0.25) is 0 Å². The Morgan fingerprint density at radius 1 is 1.10 bits per heavy atom. The molecule has 2 amide bonds. The molecule has 4 aromatic rings. The lowest BCUT2D eigenvalue weighted by atomic mass is 9.98. The SMILES string of the molecule is Cc1csc(N[C@H](C(=O)Nc2nc3cc(C(N)=O)ccc3n2C2CCCC2)C(=O)[C@@H](N)Cc2ccccc2)n1. The Kier molecular flexibility index (Phi) is 7.71. The van der Waals surface area contributed by atoms with Gasteiger partial charge >= 0.3 is 0 Å². The zero-order chi connectivity index (χ0) is 27.5. The molecule has 2 atom stereocenters. The third-order valence-corrected chi connectivity index (χ3v) is 7.89. The van der Waals surface area contributed by atoms with E-state index in [2.05, 4.69) is 20.6 Å². The van der Waals surface area contributed by atoms with Crippen molar-refractivity contribution >= 4 is 51.0 Å². The Labute approximate surface area is 229 Å². The van der Waals surface area contributed by atoms with Gasteiger partial charge in [-0.3, -0.25) is 19.7 Å². The summed E-state index contributed by atoms with van der Waals surface area (Å²) in [5.74, 6) is -1.28. The summed E-state index contributed by atoms with van der Waals surface area (Å²) in [6.45, 7) is 1.84. The van der Waals surface area contributed by atoms with Crippen molar-refractivity contribution in [2.75, 3.05) is 10.6 Å². The van der Waals surface area contributed by atoms with Crippen LogP contribution in [-0.4, -0.2) is 44.2 Å². The van der Waals surface area contributed by atoms with Gasteiger partial charge in [-0.25, -0.2) is 9.97 Å². The number of aryl methyl sites for hydroxylation is 1. The van der Waals surface area contributed by atoms with E-state index in [4.69, 9.17) is 11.5 Å². The number of nitrogens with two attached hydrogens (primary N) is 2. The Bertz CT molecular complexity index is 1510. The fourth-order valence-electron chi connectivity index (χ4n) is 5.05. The van der Waals surface area contributed by atoms with Crippen LogP contribution in [0.4, 0.5) is 11.1 Å². The van der Waals surface area contributed by atoms with E-state index in [9.17, 15) is 14.4 Å². The first-order valence-corrected chi connectivity index (χ1v) is 13.8. The number of benzene rings is 2. The molecular weight excluding hydrogens is 514 g/mol. The van der Waals surface area contributed by atoms with Gasteiger partial charge in [0.15, 0.2) is 17.0 Å². The number of hydrogen-bond acceptors (Lipinski definition) is 8. The summed E-state index contributed by atoms with van der Waals surface area (Å²) in [6.07, 6.45) is 4.30. The normalized spacial score (nSPS) is 15.2. The molecule has 0 unspecified atom stereocenters. The second kappa shape index (κ2) is 11.3. The number of nitrogens with zero attached hydrogens (tertiary/aromatic N) is 3. The molecule has 0 bridgehead atoms. The standard InChI is InChI=1S/C28H31N7O3S/c1-16-15-39-28(31-16)33-23(24(36)20(29)13-17-7-3-2-4-8-17)26(38)34-27-32-21-14-18(25(30)37)11-12-22(21)35(27)19-9-5-6-10-19/h2-4,7-8,11-12,14-15,19-20,23H,5-6,9-10,13,29H2,1H3,(H2,30,37)(H,31,33)(H,32,34,38)/t20-,23-/m0/s1. The van der Waals surface area contributed by atoms with Crippen molar-refractivity contribution < 1.29 is 14.4 Å². The number of nitrogens with one attached hydrogen (secondary N) is 2. The maximum atomic E-state index is 13.7. The van der Waals surface area contributed by atoms with Crippen molar-refractivity contribution in [3.05, 3.63) is 70.7 Å². The molecule has 1 fully saturated rings. The van der Waals surface area contributed by atoms with E-state index in [0.717, 1.165) is 42.5 Å². The predicted octanol–water partition coefficient (Wildman–Crippen LogP) is 3.57. The van der Waals surface area contributed by atoms with Crippen molar-refractivity contribution in [2.45, 2.75) is 57.2 Å². The Balaban J connectivity index is 1.47. The first-order valence-electron chi connectivity index (χ1n) is 12.9. The summed E-state index contributed by atoms with van der Waals surface area (Å²) in [5.41, 5.74) is 15.1. The van der Waals surface area contributed by atoms with Gasteiger partial charge in [0, 0.05) is 17.0 Å². The Morgan fingerprint density at radius 2 is 1.85 bits per heavy atom. The van der Waals surface area contributed by atoms with Crippen LogP contribution in [0.15, 0.2) is 53.9 Å². The largest absolute Gasteiger partial charge is 0.366 e. The van der Waals surface area contributed by atoms with Crippen LogP contribution in [0.25, 0.3) is 11.0 Å². The van der Waals surface area contributed by atoms with Crippen LogP contribution in [-0.2, 0) is 16.0 Å². The summed E-state index contributed by atoms with van der Waals surface area (Å²) in [4.78, 5) is 48.1. The molecule has 10 nitrogen and oxygen atoms in total. The number of fused-ring (bicyclic) bond motifs is 1. The van der Waals surface area contributed by atoms with Crippen molar-refractivity contribution in [2.24, 2.45) is 11.5 Å². The fraction of sp³-hybridized carbons (Fsp3) is 0.321. The van der Waals surface area contributed by atoms with Crippen LogP contribution < -0.4 is 22.1 Å². The first kappa shape index (κ1) is 26.5. The number of Topliss-reactive ketones (excluding diaryl/α,β-unsaturated/α-hetero) is 1. The second-order valence-electron chi connectivity index (χ2n) is 9.87. The number of amides is 2. The number of anilines is 2. The molecule has 2 heterocycles. The lowest BCUT2D eigenvalue weighted by Crippen LogP contribution is -2.50. The summed E-state index contributed by atoms with van der Waals surface area (Å²) >= 11 is 1.31. The minimum absolute atomic E-state index is 0.133. The van der Waals surface area contributed by atoms with Crippen molar-refractivity contribution in [3.63, 3.8) is 0 Å². The molecule has 6 N–H and O–H groups in total.